The Morgan fingerprint density at radius 3 is 2.69 bits per heavy atom. The van der Waals surface area contributed by atoms with Crippen molar-refractivity contribution >= 4 is 10.8 Å². The first-order valence-electron chi connectivity index (χ1n) is 4.03. The Kier molecular flexibility index (Phi) is 1.89. The first-order valence-corrected chi connectivity index (χ1v) is 4.03. The maximum atomic E-state index is 13.0. The Bertz CT molecular complexity index is 437. The lowest BCUT2D eigenvalue weighted by atomic mass is 10.1. The number of hydrogen-bond acceptors (Lipinski definition) is 1. The van der Waals surface area contributed by atoms with E-state index in [0.717, 1.165) is 10.8 Å². The highest BCUT2D eigenvalue weighted by Gasteiger charge is 2.02. The van der Waals surface area contributed by atoms with Crippen LogP contribution in [0.4, 0.5) is 4.39 Å². The molecule has 0 aliphatic rings. The summed E-state index contributed by atoms with van der Waals surface area (Å²) >= 11 is 0. The van der Waals surface area contributed by atoms with E-state index in [9.17, 15) is 4.39 Å². The van der Waals surface area contributed by atoms with Crippen LogP contribution < -0.4 is 4.74 Å². The molecule has 0 atom stereocenters. The van der Waals surface area contributed by atoms with Crippen LogP contribution in [-0.4, -0.2) is 7.11 Å². The normalized spacial score (nSPS) is 10.3. The molecule has 0 amide bonds. The average Bonchev–Trinajstić information content (AvgIpc) is 2.16. The molecule has 66 valence electrons. The lowest BCUT2D eigenvalue weighted by Gasteiger charge is -2.04. The standard InChI is InChI=1S/C11H9FO/c1-13-11-7-9(12)6-8-4-2-3-5-10(8)11/h2-7H,1H3. The van der Waals surface area contributed by atoms with Gasteiger partial charge in [-0.05, 0) is 11.5 Å². The van der Waals surface area contributed by atoms with Gasteiger partial charge in [-0.3, -0.25) is 0 Å². The van der Waals surface area contributed by atoms with Crippen molar-refractivity contribution in [1.29, 1.82) is 0 Å². The molecular weight excluding hydrogens is 167 g/mol. The van der Waals surface area contributed by atoms with Gasteiger partial charge in [0.15, 0.2) is 0 Å². The first kappa shape index (κ1) is 8.05. The first-order chi connectivity index (χ1) is 6.31. The molecule has 2 heteroatoms. The van der Waals surface area contributed by atoms with E-state index < -0.39 is 0 Å². The number of ether oxygens (including phenoxy) is 1. The number of fused-ring (bicyclic) bond motifs is 1. The summed E-state index contributed by atoms with van der Waals surface area (Å²) in [6.07, 6.45) is 0. The average molecular weight is 176 g/mol. The van der Waals surface area contributed by atoms with Crippen molar-refractivity contribution in [3.05, 3.63) is 42.2 Å². The minimum Gasteiger partial charge on any atom is -0.496 e. The van der Waals surface area contributed by atoms with Crippen LogP contribution in [0.2, 0.25) is 0 Å². The van der Waals surface area contributed by atoms with E-state index >= 15 is 0 Å². The molecule has 0 fully saturated rings. The summed E-state index contributed by atoms with van der Waals surface area (Å²) in [7, 11) is 1.54. The largest absolute Gasteiger partial charge is 0.496 e. The van der Waals surface area contributed by atoms with Gasteiger partial charge in [0.05, 0.1) is 7.11 Å². The van der Waals surface area contributed by atoms with Crippen LogP contribution in [0.1, 0.15) is 0 Å². The van der Waals surface area contributed by atoms with E-state index in [4.69, 9.17) is 4.74 Å². The van der Waals surface area contributed by atoms with E-state index in [2.05, 4.69) is 0 Å². The highest BCUT2D eigenvalue weighted by Crippen LogP contribution is 2.26. The van der Waals surface area contributed by atoms with Crippen LogP contribution in [0.5, 0.6) is 5.75 Å². The highest BCUT2D eigenvalue weighted by atomic mass is 19.1. The zero-order valence-corrected chi connectivity index (χ0v) is 7.25. The van der Waals surface area contributed by atoms with Gasteiger partial charge in [0.25, 0.3) is 0 Å². The summed E-state index contributed by atoms with van der Waals surface area (Å²) < 4.78 is 18.1. The van der Waals surface area contributed by atoms with Gasteiger partial charge < -0.3 is 4.74 Å². The van der Waals surface area contributed by atoms with E-state index in [1.807, 2.05) is 24.3 Å². The second-order valence-electron chi connectivity index (χ2n) is 2.83. The summed E-state index contributed by atoms with van der Waals surface area (Å²) in [4.78, 5) is 0. The quantitative estimate of drug-likeness (QED) is 0.649. The van der Waals surface area contributed by atoms with Gasteiger partial charge in [0, 0.05) is 11.5 Å². The zero-order valence-electron chi connectivity index (χ0n) is 7.25. The Labute approximate surface area is 75.8 Å². The molecule has 1 nitrogen and oxygen atoms in total. The molecule has 0 bridgehead atoms. The van der Waals surface area contributed by atoms with Crippen LogP contribution >= 0.6 is 0 Å². The van der Waals surface area contributed by atoms with Crippen LogP contribution in [0.15, 0.2) is 36.4 Å². The molecule has 0 N–H and O–H groups in total. The number of methoxy groups -OCH3 is 1. The maximum Gasteiger partial charge on any atom is 0.129 e. The van der Waals surface area contributed by atoms with E-state index in [1.165, 1.54) is 12.1 Å². The third-order valence-corrected chi connectivity index (χ3v) is 2.01. The molecule has 0 radical (unpaired) electrons. The second kappa shape index (κ2) is 3.05. The third-order valence-electron chi connectivity index (χ3n) is 2.01. The Morgan fingerprint density at radius 2 is 1.92 bits per heavy atom. The predicted molar refractivity (Wildman–Crippen MR) is 50.5 cm³/mol. The summed E-state index contributed by atoms with van der Waals surface area (Å²) in [5.41, 5.74) is 0. The molecule has 0 aromatic heterocycles. The van der Waals surface area contributed by atoms with Crippen molar-refractivity contribution in [2.24, 2.45) is 0 Å². The Hall–Kier alpha value is -1.57. The molecular formula is C11H9FO. The van der Waals surface area contributed by atoms with Gasteiger partial charge in [-0.2, -0.15) is 0 Å². The number of rotatable bonds is 1. The lowest BCUT2D eigenvalue weighted by molar-refractivity contribution is 0.416. The van der Waals surface area contributed by atoms with Crippen molar-refractivity contribution in [2.75, 3.05) is 7.11 Å². The molecule has 0 aliphatic heterocycles. The minimum atomic E-state index is -0.268. The predicted octanol–water partition coefficient (Wildman–Crippen LogP) is 2.99. The van der Waals surface area contributed by atoms with Crippen LogP contribution in [-0.2, 0) is 0 Å². The lowest BCUT2D eigenvalue weighted by Crippen LogP contribution is -1.86. The van der Waals surface area contributed by atoms with Crippen molar-refractivity contribution in [2.45, 2.75) is 0 Å². The molecule has 0 aliphatic carbocycles. The van der Waals surface area contributed by atoms with E-state index in [-0.39, 0.29) is 5.82 Å². The van der Waals surface area contributed by atoms with Gasteiger partial charge in [-0.15, -0.1) is 0 Å². The van der Waals surface area contributed by atoms with Gasteiger partial charge in [0.1, 0.15) is 11.6 Å². The molecule has 0 saturated carbocycles. The monoisotopic (exact) mass is 176 g/mol. The minimum absolute atomic E-state index is 0.268. The van der Waals surface area contributed by atoms with Crippen molar-refractivity contribution in [3.63, 3.8) is 0 Å². The molecule has 0 unspecified atom stereocenters. The van der Waals surface area contributed by atoms with E-state index in [0.29, 0.717) is 5.75 Å². The summed E-state index contributed by atoms with van der Waals surface area (Å²) in [6, 6.07) is 10.4. The fourth-order valence-electron chi connectivity index (χ4n) is 1.41. The number of hydrogen-bond donors (Lipinski definition) is 0. The fourth-order valence-corrected chi connectivity index (χ4v) is 1.41. The Balaban J connectivity index is 2.81. The summed E-state index contributed by atoms with van der Waals surface area (Å²) in [6.45, 7) is 0. The van der Waals surface area contributed by atoms with Gasteiger partial charge in [0.2, 0.25) is 0 Å². The molecule has 13 heavy (non-hydrogen) atoms. The molecule has 2 rings (SSSR count). The highest BCUT2D eigenvalue weighted by molar-refractivity contribution is 5.88. The summed E-state index contributed by atoms with van der Waals surface area (Å²) in [5.74, 6) is 0.311. The molecule has 0 heterocycles. The molecule has 2 aromatic carbocycles. The number of halogens is 1. The van der Waals surface area contributed by atoms with Gasteiger partial charge in [-0.1, -0.05) is 24.3 Å². The maximum absolute atomic E-state index is 13.0. The summed E-state index contributed by atoms with van der Waals surface area (Å²) in [5, 5.41) is 1.80. The fraction of sp³-hybridized carbons (Fsp3) is 0.0909. The second-order valence-corrected chi connectivity index (χ2v) is 2.83. The smallest absolute Gasteiger partial charge is 0.129 e. The van der Waals surface area contributed by atoms with Crippen molar-refractivity contribution in [3.8, 4) is 5.75 Å². The Morgan fingerprint density at radius 1 is 1.15 bits per heavy atom. The topological polar surface area (TPSA) is 9.23 Å². The van der Waals surface area contributed by atoms with Gasteiger partial charge in [-0.25, -0.2) is 4.39 Å². The zero-order chi connectivity index (χ0) is 9.26. The molecule has 2 aromatic rings. The van der Waals surface area contributed by atoms with Gasteiger partial charge >= 0.3 is 0 Å². The van der Waals surface area contributed by atoms with Crippen LogP contribution in [0.25, 0.3) is 10.8 Å². The van der Waals surface area contributed by atoms with Crippen molar-refractivity contribution < 1.29 is 9.13 Å². The SMILES string of the molecule is COc1cc(F)cc2ccccc12. The third kappa shape index (κ3) is 1.35. The van der Waals surface area contributed by atoms with Crippen LogP contribution in [0.3, 0.4) is 0 Å². The molecule has 0 saturated heterocycles. The number of benzene rings is 2. The van der Waals surface area contributed by atoms with Crippen LogP contribution in [0, 0.1) is 5.82 Å². The molecule has 0 spiro atoms. The van der Waals surface area contributed by atoms with E-state index in [1.54, 1.807) is 7.11 Å². The van der Waals surface area contributed by atoms with Crippen molar-refractivity contribution in [1.82, 2.24) is 0 Å².